The van der Waals surface area contributed by atoms with E-state index in [1.165, 1.54) is 0 Å². The van der Waals surface area contributed by atoms with Crippen LogP contribution in [0.25, 0.3) is 10.9 Å². The highest BCUT2D eigenvalue weighted by Gasteiger charge is 2.31. The van der Waals surface area contributed by atoms with Crippen LogP contribution in [0.2, 0.25) is 0 Å². The van der Waals surface area contributed by atoms with Gasteiger partial charge >= 0.3 is 5.97 Å². The van der Waals surface area contributed by atoms with E-state index in [0.29, 0.717) is 18.4 Å². The van der Waals surface area contributed by atoms with Crippen molar-refractivity contribution in [2.45, 2.75) is 25.3 Å². The predicted octanol–water partition coefficient (Wildman–Crippen LogP) is 2.16. The number of benzene rings is 1. The zero-order valence-corrected chi connectivity index (χ0v) is 11.9. The average molecular weight is 286 g/mol. The number of nitrogens with one attached hydrogen (secondary N) is 1. The number of hydrogen-bond acceptors (Lipinski definition) is 2. The molecule has 0 saturated heterocycles. The van der Waals surface area contributed by atoms with Crippen LogP contribution in [-0.2, 0) is 11.8 Å². The normalized spacial score (nSPS) is 21.6. The average Bonchev–Trinajstić information content (AvgIpc) is 3.05. The van der Waals surface area contributed by atoms with Gasteiger partial charge in [0.2, 0.25) is 0 Å². The van der Waals surface area contributed by atoms with Crippen molar-refractivity contribution in [2.24, 2.45) is 13.0 Å². The number of carboxylic acid groups (broad SMARTS) is 1. The Labute approximate surface area is 122 Å². The van der Waals surface area contributed by atoms with Crippen molar-refractivity contribution in [3.63, 3.8) is 0 Å². The molecule has 1 aromatic carbocycles. The van der Waals surface area contributed by atoms with Gasteiger partial charge in [-0.3, -0.25) is 9.59 Å². The summed E-state index contributed by atoms with van der Waals surface area (Å²) < 4.78 is 1.93. The quantitative estimate of drug-likeness (QED) is 0.908. The predicted molar refractivity (Wildman–Crippen MR) is 79.2 cm³/mol. The van der Waals surface area contributed by atoms with Crippen molar-refractivity contribution < 1.29 is 14.7 Å². The molecule has 1 saturated carbocycles. The Balaban J connectivity index is 1.78. The van der Waals surface area contributed by atoms with E-state index in [1.807, 2.05) is 42.1 Å². The van der Waals surface area contributed by atoms with Crippen molar-refractivity contribution in [3.05, 3.63) is 36.0 Å². The lowest BCUT2D eigenvalue weighted by molar-refractivity contribution is -0.141. The SMILES string of the molecule is Cn1cc(C(=O)NC2CCC(C(=O)O)C2)c2ccccc21. The Morgan fingerprint density at radius 2 is 2.05 bits per heavy atom. The van der Waals surface area contributed by atoms with Crippen LogP contribution in [0.4, 0.5) is 0 Å². The van der Waals surface area contributed by atoms with E-state index in [2.05, 4.69) is 5.32 Å². The number of aromatic nitrogens is 1. The molecular weight excluding hydrogens is 268 g/mol. The smallest absolute Gasteiger partial charge is 0.306 e. The van der Waals surface area contributed by atoms with Gasteiger partial charge in [0.1, 0.15) is 0 Å². The lowest BCUT2D eigenvalue weighted by Crippen LogP contribution is -2.33. The van der Waals surface area contributed by atoms with Gasteiger partial charge in [-0.2, -0.15) is 0 Å². The minimum absolute atomic E-state index is 0.0439. The Kier molecular flexibility index (Phi) is 3.41. The third-order valence-electron chi connectivity index (χ3n) is 4.26. The van der Waals surface area contributed by atoms with Gasteiger partial charge in [-0.05, 0) is 25.3 Å². The highest BCUT2D eigenvalue weighted by molar-refractivity contribution is 6.07. The van der Waals surface area contributed by atoms with E-state index in [4.69, 9.17) is 5.11 Å². The van der Waals surface area contributed by atoms with Crippen LogP contribution in [0.5, 0.6) is 0 Å². The van der Waals surface area contributed by atoms with Crippen LogP contribution in [0.1, 0.15) is 29.6 Å². The second-order valence-electron chi connectivity index (χ2n) is 5.69. The number of amides is 1. The summed E-state index contributed by atoms with van der Waals surface area (Å²) in [4.78, 5) is 23.4. The maximum Gasteiger partial charge on any atom is 0.306 e. The number of aryl methyl sites for hydroxylation is 1. The first-order valence-electron chi connectivity index (χ1n) is 7.14. The molecule has 1 aliphatic carbocycles. The number of aliphatic carboxylic acids is 1. The van der Waals surface area contributed by atoms with Gasteiger partial charge in [-0.1, -0.05) is 18.2 Å². The summed E-state index contributed by atoms with van der Waals surface area (Å²) in [6.07, 6.45) is 3.71. The van der Waals surface area contributed by atoms with E-state index in [1.54, 1.807) is 0 Å². The van der Waals surface area contributed by atoms with Gasteiger partial charge in [0.15, 0.2) is 0 Å². The summed E-state index contributed by atoms with van der Waals surface area (Å²) in [5, 5.41) is 12.9. The highest BCUT2D eigenvalue weighted by Crippen LogP contribution is 2.27. The summed E-state index contributed by atoms with van der Waals surface area (Å²) in [7, 11) is 1.91. The fraction of sp³-hybridized carbons (Fsp3) is 0.375. The molecule has 2 aromatic rings. The molecule has 1 aliphatic rings. The van der Waals surface area contributed by atoms with E-state index >= 15 is 0 Å². The number of rotatable bonds is 3. The highest BCUT2D eigenvalue weighted by atomic mass is 16.4. The maximum atomic E-state index is 12.4. The van der Waals surface area contributed by atoms with Crippen molar-refractivity contribution >= 4 is 22.8 Å². The number of carbonyl (C=O) groups is 2. The molecule has 2 N–H and O–H groups in total. The molecule has 1 aromatic heterocycles. The Bertz CT molecular complexity index is 705. The second-order valence-corrected chi connectivity index (χ2v) is 5.69. The molecule has 21 heavy (non-hydrogen) atoms. The third-order valence-corrected chi connectivity index (χ3v) is 4.26. The summed E-state index contributed by atoms with van der Waals surface area (Å²) in [6.45, 7) is 0. The van der Waals surface area contributed by atoms with E-state index in [-0.39, 0.29) is 17.9 Å². The van der Waals surface area contributed by atoms with E-state index in [9.17, 15) is 9.59 Å². The molecule has 1 fully saturated rings. The molecule has 1 amide bonds. The van der Waals surface area contributed by atoms with Gasteiger partial charge in [0, 0.05) is 30.2 Å². The van der Waals surface area contributed by atoms with Gasteiger partial charge in [-0.15, -0.1) is 0 Å². The largest absolute Gasteiger partial charge is 0.481 e. The maximum absolute atomic E-state index is 12.4. The molecule has 1 heterocycles. The minimum atomic E-state index is -0.767. The second kappa shape index (κ2) is 5.24. The topological polar surface area (TPSA) is 71.3 Å². The van der Waals surface area contributed by atoms with Gasteiger partial charge in [-0.25, -0.2) is 0 Å². The number of hydrogen-bond donors (Lipinski definition) is 2. The van der Waals surface area contributed by atoms with E-state index in [0.717, 1.165) is 17.3 Å². The third kappa shape index (κ3) is 2.51. The van der Waals surface area contributed by atoms with Crippen LogP contribution < -0.4 is 5.32 Å². The van der Waals surface area contributed by atoms with Gasteiger partial charge in [0.25, 0.3) is 5.91 Å². The van der Waals surface area contributed by atoms with Crippen molar-refractivity contribution in [3.8, 4) is 0 Å². The number of carbonyl (C=O) groups excluding carboxylic acids is 1. The molecule has 0 aliphatic heterocycles. The van der Waals surface area contributed by atoms with Gasteiger partial charge in [0.05, 0.1) is 11.5 Å². The minimum Gasteiger partial charge on any atom is -0.481 e. The zero-order valence-electron chi connectivity index (χ0n) is 11.9. The molecule has 5 nitrogen and oxygen atoms in total. The van der Waals surface area contributed by atoms with Crippen LogP contribution in [0, 0.1) is 5.92 Å². The number of nitrogens with zero attached hydrogens (tertiary/aromatic N) is 1. The van der Waals surface area contributed by atoms with E-state index < -0.39 is 5.97 Å². The molecule has 0 radical (unpaired) electrons. The summed E-state index contributed by atoms with van der Waals surface area (Å²) in [5.74, 6) is -1.22. The standard InChI is InChI=1S/C16H18N2O3/c1-18-9-13(12-4-2-3-5-14(12)18)15(19)17-11-7-6-10(8-11)16(20)21/h2-5,9-11H,6-8H2,1H3,(H,17,19)(H,20,21). The molecule has 2 unspecified atom stereocenters. The first kappa shape index (κ1) is 13.7. The number of para-hydroxylation sites is 1. The first-order chi connectivity index (χ1) is 10.1. The molecule has 5 heteroatoms. The molecule has 0 spiro atoms. The number of fused-ring (bicyclic) bond motifs is 1. The number of carboxylic acids is 1. The fourth-order valence-corrected chi connectivity index (χ4v) is 3.12. The summed E-state index contributed by atoms with van der Waals surface area (Å²) >= 11 is 0. The summed E-state index contributed by atoms with van der Waals surface area (Å²) in [6, 6.07) is 7.71. The molecule has 2 atom stereocenters. The molecule has 3 rings (SSSR count). The van der Waals surface area contributed by atoms with Crippen molar-refractivity contribution in [1.29, 1.82) is 0 Å². The lowest BCUT2D eigenvalue weighted by Gasteiger charge is -2.11. The van der Waals surface area contributed by atoms with Crippen molar-refractivity contribution in [2.75, 3.05) is 0 Å². The Hall–Kier alpha value is -2.30. The first-order valence-corrected chi connectivity index (χ1v) is 7.14. The van der Waals surface area contributed by atoms with Crippen LogP contribution >= 0.6 is 0 Å². The van der Waals surface area contributed by atoms with Crippen LogP contribution in [0.3, 0.4) is 0 Å². The Morgan fingerprint density at radius 1 is 1.29 bits per heavy atom. The molecular formula is C16H18N2O3. The van der Waals surface area contributed by atoms with Crippen LogP contribution in [0.15, 0.2) is 30.5 Å². The van der Waals surface area contributed by atoms with Crippen LogP contribution in [-0.4, -0.2) is 27.6 Å². The molecule has 0 bridgehead atoms. The lowest BCUT2D eigenvalue weighted by atomic mass is 10.1. The fourth-order valence-electron chi connectivity index (χ4n) is 3.12. The monoisotopic (exact) mass is 286 g/mol. The Morgan fingerprint density at radius 3 is 2.76 bits per heavy atom. The van der Waals surface area contributed by atoms with Gasteiger partial charge < -0.3 is 15.0 Å². The zero-order chi connectivity index (χ0) is 15.0. The molecule has 110 valence electrons. The van der Waals surface area contributed by atoms with Crippen molar-refractivity contribution in [1.82, 2.24) is 9.88 Å². The summed E-state index contributed by atoms with van der Waals surface area (Å²) in [5.41, 5.74) is 1.66.